The molecule has 0 amide bonds. The molecular formula is C11H12ClN3O2. The first-order valence-corrected chi connectivity index (χ1v) is 5.45. The zero-order chi connectivity index (χ0) is 12.3. The zero-order valence-corrected chi connectivity index (χ0v) is 10.0. The number of methoxy groups -OCH3 is 1. The van der Waals surface area contributed by atoms with Gasteiger partial charge in [-0.2, -0.15) is 4.98 Å². The molecule has 1 heterocycles. The van der Waals surface area contributed by atoms with E-state index in [2.05, 4.69) is 10.1 Å². The molecule has 0 aliphatic heterocycles. The first kappa shape index (κ1) is 12.0. The van der Waals surface area contributed by atoms with Crippen LogP contribution >= 0.6 is 11.6 Å². The van der Waals surface area contributed by atoms with Crippen molar-refractivity contribution in [2.24, 2.45) is 5.73 Å². The van der Waals surface area contributed by atoms with Crippen molar-refractivity contribution in [3.63, 3.8) is 0 Å². The Morgan fingerprint density at radius 3 is 2.88 bits per heavy atom. The van der Waals surface area contributed by atoms with Crippen molar-refractivity contribution in [2.45, 2.75) is 6.10 Å². The summed E-state index contributed by atoms with van der Waals surface area (Å²) in [5.41, 5.74) is 6.23. The Morgan fingerprint density at radius 2 is 2.24 bits per heavy atom. The Morgan fingerprint density at radius 1 is 1.47 bits per heavy atom. The smallest absolute Gasteiger partial charge is 0.257 e. The summed E-state index contributed by atoms with van der Waals surface area (Å²) in [6.45, 7) is 0.278. The molecule has 0 aliphatic rings. The maximum atomic E-state index is 6.04. The third-order valence-electron chi connectivity index (χ3n) is 2.33. The van der Waals surface area contributed by atoms with E-state index in [4.69, 9.17) is 26.6 Å². The normalized spacial score (nSPS) is 12.6. The molecule has 1 aromatic heterocycles. The summed E-state index contributed by atoms with van der Waals surface area (Å²) in [7, 11) is 1.54. The van der Waals surface area contributed by atoms with Gasteiger partial charge < -0.3 is 15.0 Å². The molecule has 0 aliphatic carbocycles. The van der Waals surface area contributed by atoms with E-state index in [9.17, 15) is 0 Å². The largest absolute Gasteiger partial charge is 0.370 e. The first-order valence-electron chi connectivity index (χ1n) is 5.07. The molecular weight excluding hydrogens is 242 g/mol. The summed E-state index contributed by atoms with van der Waals surface area (Å²) in [4.78, 5) is 4.22. The zero-order valence-electron chi connectivity index (χ0n) is 9.26. The van der Waals surface area contributed by atoms with Crippen LogP contribution in [0, 0.1) is 0 Å². The van der Waals surface area contributed by atoms with Crippen LogP contribution in [-0.4, -0.2) is 23.8 Å². The van der Waals surface area contributed by atoms with E-state index in [-0.39, 0.29) is 6.54 Å². The first-order chi connectivity index (χ1) is 8.26. The Labute approximate surface area is 104 Å². The number of nitrogens with zero attached hydrogens (tertiary/aromatic N) is 2. The molecule has 0 saturated heterocycles. The van der Waals surface area contributed by atoms with Gasteiger partial charge in [0.15, 0.2) is 0 Å². The van der Waals surface area contributed by atoms with Gasteiger partial charge in [0.05, 0.1) is 5.02 Å². The highest BCUT2D eigenvalue weighted by Gasteiger charge is 2.18. The molecule has 2 rings (SSSR count). The molecule has 90 valence electrons. The second-order valence-corrected chi connectivity index (χ2v) is 3.80. The highest BCUT2D eigenvalue weighted by molar-refractivity contribution is 6.33. The number of rotatable bonds is 4. The van der Waals surface area contributed by atoms with Gasteiger partial charge in [-0.05, 0) is 12.1 Å². The third-order valence-corrected chi connectivity index (χ3v) is 2.66. The van der Waals surface area contributed by atoms with Gasteiger partial charge in [0, 0.05) is 19.2 Å². The van der Waals surface area contributed by atoms with Crippen LogP contribution in [0.15, 0.2) is 28.8 Å². The Hall–Kier alpha value is -1.43. The standard InChI is InChI=1S/C11H12ClN3O2/c1-16-9(6-13)11-14-10(15-17-11)7-4-2-3-5-8(7)12/h2-5,9H,6,13H2,1H3. The second kappa shape index (κ2) is 5.27. The lowest BCUT2D eigenvalue weighted by Gasteiger charge is -2.05. The average molecular weight is 254 g/mol. The van der Waals surface area contributed by atoms with E-state index in [0.717, 1.165) is 5.56 Å². The minimum absolute atomic E-state index is 0.278. The topological polar surface area (TPSA) is 74.2 Å². The van der Waals surface area contributed by atoms with Crippen LogP contribution in [0.5, 0.6) is 0 Å². The molecule has 2 N–H and O–H groups in total. The highest BCUT2D eigenvalue weighted by atomic mass is 35.5. The number of nitrogens with two attached hydrogens (primary N) is 1. The Bertz CT molecular complexity index is 497. The van der Waals surface area contributed by atoms with Gasteiger partial charge in [-0.25, -0.2) is 0 Å². The molecule has 17 heavy (non-hydrogen) atoms. The Balaban J connectivity index is 2.33. The van der Waals surface area contributed by atoms with E-state index in [1.807, 2.05) is 18.2 Å². The van der Waals surface area contributed by atoms with Crippen molar-refractivity contribution in [1.82, 2.24) is 10.1 Å². The van der Waals surface area contributed by atoms with Crippen LogP contribution in [-0.2, 0) is 4.74 Å². The molecule has 2 aromatic rings. The monoisotopic (exact) mass is 253 g/mol. The van der Waals surface area contributed by atoms with Gasteiger partial charge in [-0.3, -0.25) is 0 Å². The summed E-state index contributed by atoms with van der Waals surface area (Å²) < 4.78 is 10.2. The molecule has 5 nitrogen and oxygen atoms in total. The van der Waals surface area contributed by atoms with Gasteiger partial charge in [-0.1, -0.05) is 28.9 Å². The van der Waals surface area contributed by atoms with Crippen LogP contribution in [0.3, 0.4) is 0 Å². The van der Waals surface area contributed by atoms with E-state index in [0.29, 0.717) is 16.7 Å². The molecule has 0 saturated carbocycles. The van der Waals surface area contributed by atoms with E-state index in [1.165, 1.54) is 7.11 Å². The highest BCUT2D eigenvalue weighted by Crippen LogP contribution is 2.26. The number of hydrogen-bond donors (Lipinski definition) is 1. The van der Waals surface area contributed by atoms with Gasteiger partial charge in [0.25, 0.3) is 5.89 Å². The predicted molar refractivity (Wildman–Crippen MR) is 63.5 cm³/mol. The molecule has 0 bridgehead atoms. The fourth-order valence-electron chi connectivity index (χ4n) is 1.42. The summed E-state index contributed by atoms with van der Waals surface area (Å²) in [5, 5.41) is 4.43. The third kappa shape index (κ3) is 2.46. The maximum Gasteiger partial charge on any atom is 0.257 e. The fourth-order valence-corrected chi connectivity index (χ4v) is 1.64. The molecule has 1 aromatic carbocycles. The van der Waals surface area contributed by atoms with Crippen molar-refractivity contribution in [2.75, 3.05) is 13.7 Å². The quantitative estimate of drug-likeness (QED) is 0.903. The predicted octanol–water partition coefficient (Wildman–Crippen LogP) is 2.04. The number of ether oxygens (including phenoxy) is 1. The summed E-state index contributed by atoms with van der Waals surface area (Å²) in [6.07, 6.45) is -0.390. The van der Waals surface area contributed by atoms with Crippen molar-refractivity contribution in [3.8, 4) is 11.4 Å². The molecule has 0 spiro atoms. The van der Waals surface area contributed by atoms with Crippen molar-refractivity contribution >= 4 is 11.6 Å². The second-order valence-electron chi connectivity index (χ2n) is 3.40. The molecule has 1 unspecified atom stereocenters. The summed E-state index contributed by atoms with van der Waals surface area (Å²) >= 11 is 6.04. The number of benzene rings is 1. The van der Waals surface area contributed by atoms with E-state index in [1.54, 1.807) is 6.07 Å². The number of hydrogen-bond acceptors (Lipinski definition) is 5. The van der Waals surface area contributed by atoms with E-state index < -0.39 is 6.10 Å². The Kier molecular flexibility index (Phi) is 3.73. The van der Waals surface area contributed by atoms with Gasteiger partial charge in [0.1, 0.15) is 6.10 Å². The van der Waals surface area contributed by atoms with Gasteiger partial charge in [0.2, 0.25) is 5.82 Å². The average Bonchev–Trinajstić information content (AvgIpc) is 2.81. The molecule has 0 radical (unpaired) electrons. The van der Waals surface area contributed by atoms with Crippen molar-refractivity contribution < 1.29 is 9.26 Å². The van der Waals surface area contributed by atoms with Gasteiger partial charge in [-0.15, -0.1) is 0 Å². The van der Waals surface area contributed by atoms with Crippen molar-refractivity contribution in [1.29, 1.82) is 0 Å². The fraction of sp³-hybridized carbons (Fsp3) is 0.273. The SMILES string of the molecule is COC(CN)c1nc(-c2ccccc2Cl)no1. The minimum atomic E-state index is -0.390. The maximum absolute atomic E-state index is 6.04. The van der Waals surface area contributed by atoms with Gasteiger partial charge >= 0.3 is 0 Å². The summed E-state index contributed by atoms with van der Waals surface area (Å²) in [6, 6.07) is 7.28. The lowest BCUT2D eigenvalue weighted by atomic mass is 10.2. The summed E-state index contributed by atoms with van der Waals surface area (Å²) in [5.74, 6) is 0.783. The number of aromatic nitrogens is 2. The van der Waals surface area contributed by atoms with Crippen LogP contribution in [0.25, 0.3) is 11.4 Å². The van der Waals surface area contributed by atoms with Crippen LogP contribution in [0.4, 0.5) is 0 Å². The van der Waals surface area contributed by atoms with Crippen LogP contribution < -0.4 is 5.73 Å². The lowest BCUT2D eigenvalue weighted by Crippen LogP contribution is -2.14. The number of halogens is 1. The molecule has 6 heteroatoms. The van der Waals surface area contributed by atoms with Crippen LogP contribution in [0.2, 0.25) is 5.02 Å². The molecule has 1 atom stereocenters. The van der Waals surface area contributed by atoms with Crippen molar-refractivity contribution in [3.05, 3.63) is 35.2 Å². The lowest BCUT2D eigenvalue weighted by molar-refractivity contribution is 0.0804. The van der Waals surface area contributed by atoms with Crippen LogP contribution in [0.1, 0.15) is 12.0 Å². The molecule has 0 fully saturated rings. The van der Waals surface area contributed by atoms with E-state index >= 15 is 0 Å². The minimum Gasteiger partial charge on any atom is -0.370 e.